The summed E-state index contributed by atoms with van der Waals surface area (Å²) in [6.45, 7) is 0.183. The van der Waals surface area contributed by atoms with Crippen LogP contribution in [0.3, 0.4) is 0 Å². The molecule has 1 heterocycles. The van der Waals surface area contributed by atoms with Gasteiger partial charge in [0.1, 0.15) is 12.4 Å². The van der Waals surface area contributed by atoms with E-state index >= 15 is 0 Å². The minimum Gasteiger partial charge on any atom is -0.493 e. The van der Waals surface area contributed by atoms with Gasteiger partial charge in [0.05, 0.1) is 15.6 Å². The number of carbonyl (C=O) groups is 1. The number of ether oxygens (including phenoxy) is 3. The van der Waals surface area contributed by atoms with Gasteiger partial charge in [0.15, 0.2) is 17.2 Å². The quantitative estimate of drug-likeness (QED) is 0.125. The Morgan fingerprint density at radius 1 is 1.15 bits per heavy atom. The molecule has 3 aromatic rings. The number of halogens is 2. The molecule has 0 unspecified atom stereocenters. The van der Waals surface area contributed by atoms with Gasteiger partial charge in [-0.15, -0.1) is 0 Å². The Hall–Kier alpha value is -3.80. The largest absolute Gasteiger partial charge is 0.493 e. The van der Waals surface area contributed by atoms with E-state index in [-0.39, 0.29) is 23.9 Å². The SMILES string of the molecule is COc1cc(/C=C2\N=C(c3ccc(F)cc3)OC2=O)cc(I)c1OCc1ccc([N+](=O)[O-])cc1. The highest BCUT2D eigenvalue weighted by atomic mass is 127. The number of methoxy groups -OCH3 is 1. The van der Waals surface area contributed by atoms with E-state index in [4.69, 9.17) is 14.2 Å². The Morgan fingerprint density at radius 3 is 2.50 bits per heavy atom. The molecule has 8 nitrogen and oxygen atoms in total. The lowest BCUT2D eigenvalue weighted by Gasteiger charge is -2.13. The van der Waals surface area contributed by atoms with Gasteiger partial charge in [-0.3, -0.25) is 10.1 Å². The number of nitrogens with zero attached hydrogens (tertiary/aromatic N) is 2. The summed E-state index contributed by atoms with van der Waals surface area (Å²) in [5, 5.41) is 10.8. The number of hydrogen-bond donors (Lipinski definition) is 0. The average Bonchev–Trinajstić information content (AvgIpc) is 3.18. The highest BCUT2D eigenvalue weighted by Crippen LogP contribution is 2.35. The smallest absolute Gasteiger partial charge is 0.363 e. The molecule has 0 aromatic heterocycles. The molecular weight excluding hydrogens is 558 g/mol. The molecule has 34 heavy (non-hydrogen) atoms. The van der Waals surface area contributed by atoms with Gasteiger partial charge in [-0.25, -0.2) is 14.2 Å². The van der Waals surface area contributed by atoms with Crippen LogP contribution in [-0.4, -0.2) is 23.9 Å². The monoisotopic (exact) mass is 574 g/mol. The van der Waals surface area contributed by atoms with Crippen LogP contribution in [0.5, 0.6) is 11.5 Å². The normalized spacial score (nSPS) is 14.0. The summed E-state index contributed by atoms with van der Waals surface area (Å²) in [7, 11) is 1.50. The lowest BCUT2D eigenvalue weighted by molar-refractivity contribution is -0.384. The third-order valence-electron chi connectivity index (χ3n) is 4.80. The summed E-state index contributed by atoms with van der Waals surface area (Å²) >= 11 is 2.09. The maximum absolute atomic E-state index is 13.1. The molecule has 10 heteroatoms. The molecule has 0 aliphatic carbocycles. The zero-order valence-corrected chi connectivity index (χ0v) is 19.8. The highest BCUT2D eigenvalue weighted by Gasteiger charge is 2.24. The third-order valence-corrected chi connectivity index (χ3v) is 5.60. The summed E-state index contributed by atoms with van der Waals surface area (Å²) < 4.78 is 30.4. The van der Waals surface area contributed by atoms with Gasteiger partial charge < -0.3 is 14.2 Å². The molecule has 172 valence electrons. The van der Waals surface area contributed by atoms with Crippen molar-refractivity contribution in [2.24, 2.45) is 4.99 Å². The third kappa shape index (κ3) is 5.22. The van der Waals surface area contributed by atoms with Crippen molar-refractivity contribution in [2.45, 2.75) is 6.61 Å². The molecule has 0 saturated carbocycles. The molecule has 0 radical (unpaired) electrons. The molecule has 3 aromatic carbocycles. The van der Waals surface area contributed by atoms with Crippen molar-refractivity contribution in [3.8, 4) is 11.5 Å². The van der Waals surface area contributed by atoms with Gasteiger partial charge in [-0.1, -0.05) is 0 Å². The van der Waals surface area contributed by atoms with E-state index in [0.717, 1.165) is 9.13 Å². The number of nitro benzene ring substituents is 1. The lowest BCUT2D eigenvalue weighted by Crippen LogP contribution is -2.05. The standard InChI is InChI=1S/C24H16FIN2O6/c1-32-21-12-15(11-20-24(29)34-23(27-20)16-4-6-17(25)7-5-16)10-19(26)22(21)33-13-14-2-8-18(9-3-14)28(30)31/h2-12H,13H2,1H3/b20-11-. The van der Waals surface area contributed by atoms with E-state index in [1.54, 1.807) is 30.3 Å². The second-order valence-corrected chi connectivity index (χ2v) is 8.25. The number of nitro groups is 1. The Kier molecular flexibility index (Phi) is 6.87. The topological polar surface area (TPSA) is 100 Å². The van der Waals surface area contributed by atoms with Crippen LogP contribution in [0, 0.1) is 19.5 Å². The van der Waals surface area contributed by atoms with E-state index in [1.807, 2.05) is 0 Å². The number of benzene rings is 3. The molecule has 0 spiro atoms. The second-order valence-electron chi connectivity index (χ2n) is 7.09. The van der Waals surface area contributed by atoms with Crippen LogP contribution in [-0.2, 0) is 16.1 Å². The molecule has 0 bridgehead atoms. The van der Waals surface area contributed by atoms with Crippen molar-refractivity contribution in [3.63, 3.8) is 0 Å². The number of hydrogen-bond acceptors (Lipinski definition) is 7. The summed E-state index contributed by atoms with van der Waals surface area (Å²) in [6.07, 6.45) is 1.56. The number of esters is 1. The first-order valence-electron chi connectivity index (χ1n) is 9.86. The molecule has 0 amide bonds. The van der Waals surface area contributed by atoms with Crippen molar-refractivity contribution >= 4 is 46.2 Å². The fourth-order valence-corrected chi connectivity index (χ4v) is 3.90. The number of cyclic esters (lactones) is 1. The highest BCUT2D eigenvalue weighted by molar-refractivity contribution is 14.1. The summed E-state index contributed by atoms with van der Waals surface area (Å²) in [4.78, 5) is 26.8. The van der Waals surface area contributed by atoms with Gasteiger partial charge in [0.2, 0.25) is 5.90 Å². The number of carbonyl (C=O) groups excluding carboxylic acids is 1. The minimum absolute atomic E-state index is 0.00369. The van der Waals surface area contributed by atoms with Crippen molar-refractivity contribution in [3.05, 3.63) is 103 Å². The molecule has 4 rings (SSSR count). The van der Waals surface area contributed by atoms with Gasteiger partial charge >= 0.3 is 5.97 Å². The van der Waals surface area contributed by atoms with Crippen LogP contribution >= 0.6 is 22.6 Å². The molecule has 1 aliphatic rings. The predicted octanol–water partition coefficient (Wildman–Crippen LogP) is 5.27. The van der Waals surface area contributed by atoms with E-state index in [9.17, 15) is 19.3 Å². The van der Waals surface area contributed by atoms with Gasteiger partial charge in [-0.05, 0) is 88.3 Å². The first-order valence-corrected chi connectivity index (χ1v) is 10.9. The summed E-state index contributed by atoms with van der Waals surface area (Å²) in [5.41, 5.74) is 1.98. The van der Waals surface area contributed by atoms with E-state index in [2.05, 4.69) is 27.6 Å². The predicted molar refractivity (Wildman–Crippen MR) is 130 cm³/mol. The minimum atomic E-state index is -0.619. The summed E-state index contributed by atoms with van der Waals surface area (Å²) in [5.74, 6) is 0.0117. The summed E-state index contributed by atoms with van der Waals surface area (Å²) in [6, 6.07) is 15.0. The van der Waals surface area contributed by atoms with Crippen molar-refractivity contribution in [1.29, 1.82) is 0 Å². The van der Waals surface area contributed by atoms with E-state index in [1.165, 1.54) is 43.5 Å². The van der Waals surface area contributed by atoms with Crippen LogP contribution in [0.25, 0.3) is 6.08 Å². The van der Waals surface area contributed by atoms with Crippen LogP contribution in [0.2, 0.25) is 0 Å². The zero-order chi connectivity index (χ0) is 24.2. The second kappa shape index (κ2) is 10.00. The van der Waals surface area contributed by atoms with Gasteiger partial charge in [0.25, 0.3) is 5.69 Å². The molecular formula is C24H16FIN2O6. The van der Waals surface area contributed by atoms with Crippen molar-refractivity contribution in [2.75, 3.05) is 7.11 Å². The van der Waals surface area contributed by atoms with Crippen LogP contribution < -0.4 is 9.47 Å². The first-order chi connectivity index (χ1) is 16.3. The van der Waals surface area contributed by atoms with Crippen LogP contribution in [0.15, 0.2) is 71.4 Å². The Labute approximate surface area is 207 Å². The lowest BCUT2D eigenvalue weighted by atomic mass is 10.1. The molecule has 0 saturated heterocycles. The maximum atomic E-state index is 13.1. The molecule has 0 atom stereocenters. The molecule has 0 N–H and O–H groups in total. The van der Waals surface area contributed by atoms with E-state index < -0.39 is 16.7 Å². The van der Waals surface area contributed by atoms with Gasteiger partial charge in [0, 0.05) is 17.7 Å². The fourth-order valence-electron chi connectivity index (χ4n) is 3.12. The maximum Gasteiger partial charge on any atom is 0.363 e. The number of aliphatic imine (C=N–C) groups is 1. The van der Waals surface area contributed by atoms with Crippen LogP contribution in [0.4, 0.5) is 10.1 Å². The number of rotatable bonds is 7. The van der Waals surface area contributed by atoms with Crippen molar-refractivity contribution in [1.82, 2.24) is 0 Å². The first kappa shape index (κ1) is 23.4. The van der Waals surface area contributed by atoms with Gasteiger partial charge in [-0.2, -0.15) is 0 Å². The zero-order valence-electron chi connectivity index (χ0n) is 17.7. The Balaban J connectivity index is 1.55. The average molecular weight is 574 g/mol. The Bertz CT molecular complexity index is 1320. The number of non-ortho nitro benzene ring substituents is 1. The van der Waals surface area contributed by atoms with Crippen LogP contribution in [0.1, 0.15) is 16.7 Å². The fraction of sp³-hybridized carbons (Fsp3) is 0.0833. The van der Waals surface area contributed by atoms with Crippen molar-refractivity contribution < 1.29 is 28.3 Å². The molecule has 0 fully saturated rings. The Morgan fingerprint density at radius 2 is 1.85 bits per heavy atom. The van der Waals surface area contributed by atoms with E-state index in [0.29, 0.717) is 22.6 Å². The molecule has 1 aliphatic heterocycles.